The highest BCUT2D eigenvalue weighted by molar-refractivity contribution is 5.82. The summed E-state index contributed by atoms with van der Waals surface area (Å²) in [6, 6.07) is 8.71. The second-order valence-corrected chi connectivity index (χ2v) is 4.88. The highest BCUT2D eigenvalue weighted by atomic mass is 16.5. The number of nitrogens with zero attached hydrogens (tertiary/aromatic N) is 1. The Balaban J connectivity index is 1.85. The lowest BCUT2D eigenvalue weighted by atomic mass is 10.3. The molecule has 0 aliphatic carbocycles. The van der Waals surface area contributed by atoms with Crippen LogP contribution in [-0.4, -0.2) is 28.2 Å². The summed E-state index contributed by atoms with van der Waals surface area (Å²) in [6.07, 6.45) is 0.868. The molecule has 1 aliphatic rings. The van der Waals surface area contributed by atoms with Gasteiger partial charge in [0.05, 0.1) is 29.9 Å². The van der Waals surface area contributed by atoms with Gasteiger partial charge in [0.25, 0.3) is 0 Å². The minimum Gasteiger partial charge on any atom is -0.489 e. The van der Waals surface area contributed by atoms with Gasteiger partial charge in [-0.05, 0) is 6.07 Å². The average Bonchev–Trinajstić information content (AvgIpc) is 2.76. The van der Waals surface area contributed by atoms with Gasteiger partial charge in [-0.25, -0.2) is 4.98 Å². The number of rotatable bonds is 1. The van der Waals surface area contributed by atoms with Crippen molar-refractivity contribution >= 4 is 11.0 Å². The standard InChI is InChI=1S/C15H13N3O3/c19-14-4-1-3-9(16-14)15-17-10-7-12-13(8-11(10)18-15)21-6-2-5-20-12/h1,3-4,7-8H,2,5-6H2,(H,16,19)(H,17,18). The van der Waals surface area contributed by atoms with E-state index in [0.29, 0.717) is 30.5 Å². The number of ether oxygens (including phenoxy) is 2. The van der Waals surface area contributed by atoms with Crippen LogP contribution in [0, 0.1) is 0 Å². The van der Waals surface area contributed by atoms with E-state index in [2.05, 4.69) is 15.0 Å². The fourth-order valence-electron chi connectivity index (χ4n) is 2.38. The summed E-state index contributed by atoms with van der Waals surface area (Å²) in [6.45, 7) is 1.29. The molecule has 2 N–H and O–H groups in total. The van der Waals surface area contributed by atoms with Gasteiger partial charge in [-0.3, -0.25) is 4.79 Å². The van der Waals surface area contributed by atoms with Crippen LogP contribution in [0.5, 0.6) is 11.5 Å². The predicted octanol–water partition coefficient (Wildman–Crippen LogP) is 2.08. The molecule has 1 aliphatic heterocycles. The van der Waals surface area contributed by atoms with E-state index in [-0.39, 0.29) is 5.56 Å². The number of H-pyrrole nitrogens is 2. The predicted molar refractivity (Wildman–Crippen MR) is 77.8 cm³/mol. The van der Waals surface area contributed by atoms with Crippen LogP contribution in [0.3, 0.4) is 0 Å². The maximum Gasteiger partial charge on any atom is 0.248 e. The molecule has 2 aromatic heterocycles. The van der Waals surface area contributed by atoms with Crippen molar-refractivity contribution in [2.75, 3.05) is 13.2 Å². The highest BCUT2D eigenvalue weighted by Gasteiger charge is 2.14. The van der Waals surface area contributed by atoms with Gasteiger partial charge < -0.3 is 19.4 Å². The first-order valence-corrected chi connectivity index (χ1v) is 6.79. The minimum absolute atomic E-state index is 0.157. The quantitative estimate of drug-likeness (QED) is 0.716. The van der Waals surface area contributed by atoms with E-state index in [9.17, 15) is 4.79 Å². The SMILES string of the molecule is O=c1cccc(-c2nc3cc4c(cc3[nH]2)OCCCO4)[nH]1. The molecule has 106 valence electrons. The second-order valence-electron chi connectivity index (χ2n) is 4.88. The number of imidazole rings is 1. The molecule has 0 spiro atoms. The van der Waals surface area contributed by atoms with Gasteiger partial charge in [0.1, 0.15) is 0 Å². The lowest BCUT2D eigenvalue weighted by Gasteiger charge is -2.05. The summed E-state index contributed by atoms with van der Waals surface area (Å²) in [5, 5.41) is 0. The Morgan fingerprint density at radius 3 is 2.67 bits per heavy atom. The van der Waals surface area contributed by atoms with Gasteiger partial charge in [0, 0.05) is 24.6 Å². The van der Waals surface area contributed by atoms with E-state index >= 15 is 0 Å². The van der Waals surface area contributed by atoms with Crippen molar-refractivity contribution in [1.82, 2.24) is 15.0 Å². The smallest absolute Gasteiger partial charge is 0.248 e. The molecule has 4 rings (SSSR count). The first-order chi connectivity index (χ1) is 10.3. The number of benzene rings is 1. The number of aromatic amines is 2. The van der Waals surface area contributed by atoms with E-state index in [1.165, 1.54) is 6.07 Å². The molecule has 1 aromatic carbocycles. The fourth-order valence-corrected chi connectivity index (χ4v) is 2.38. The Labute approximate surface area is 119 Å². The molecular weight excluding hydrogens is 270 g/mol. The van der Waals surface area contributed by atoms with Gasteiger partial charge >= 0.3 is 0 Å². The molecule has 3 heterocycles. The van der Waals surface area contributed by atoms with Crippen LogP contribution in [0.4, 0.5) is 0 Å². The molecule has 0 fully saturated rings. The van der Waals surface area contributed by atoms with Crippen LogP contribution in [0.25, 0.3) is 22.6 Å². The first kappa shape index (κ1) is 12.0. The van der Waals surface area contributed by atoms with E-state index in [4.69, 9.17) is 9.47 Å². The Kier molecular flexibility index (Phi) is 2.67. The third kappa shape index (κ3) is 2.14. The van der Waals surface area contributed by atoms with Crippen molar-refractivity contribution in [2.24, 2.45) is 0 Å². The lowest BCUT2D eigenvalue weighted by molar-refractivity contribution is 0.297. The minimum atomic E-state index is -0.157. The van der Waals surface area contributed by atoms with Gasteiger partial charge in [-0.15, -0.1) is 0 Å². The summed E-state index contributed by atoms with van der Waals surface area (Å²) < 4.78 is 11.3. The summed E-state index contributed by atoms with van der Waals surface area (Å²) in [5.41, 5.74) is 2.11. The number of pyridine rings is 1. The van der Waals surface area contributed by atoms with Crippen molar-refractivity contribution < 1.29 is 9.47 Å². The molecule has 0 bridgehead atoms. The zero-order valence-corrected chi connectivity index (χ0v) is 11.2. The zero-order chi connectivity index (χ0) is 14.2. The molecule has 6 nitrogen and oxygen atoms in total. The van der Waals surface area contributed by atoms with Crippen molar-refractivity contribution in [1.29, 1.82) is 0 Å². The van der Waals surface area contributed by atoms with E-state index in [1.54, 1.807) is 12.1 Å². The Morgan fingerprint density at radius 1 is 1.05 bits per heavy atom. The molecule has 0 amide bonds. The number of fused-ring (bicyclic) bond motifs is 2. The maximum absolute atomic E-state index is 11.4. The molecular formula is C15H13N3O3. The third-order valence-electron chi connectivity index (χ3n) is 3.37. The second kappa shape index (κ2) is 4.66. The van der Waals surface area contributed by atoms with Crippen LogP contribution in [0.1, 0.15) is 6.42 Å². The molecule has 0 saturated heterocycles. The monoisotopic (exact) mass is 283 g/mol. The number of aromatic nitrogens is 3. The molecule has 21 heavy (non-hydrogen) atoms. The molecule has 6 heteroatoms. The van der Waals surface area contributed by atoms with Crippen molar-refractivity contribution in [3.05, 3.63) is 40.7 Å². The number of hydrogen-bond acceptors (Lipinski definition) is 4. The van der Waals surface area contributed by atoms with Crippen LogP contribution in [-0.2, 0) is 0 Å². The van der Waals surface area contributed by atoms with Crippen molar-refractivity contribution in [3.63, 3.8) is 0 Å². The van der Waals surface area contributed by atoms with Gasteiger partial charge in [0.15, 0.2) is 17.3 Å². The highest BCUT2D eigenvalue weighted by Crippen LogP contribution is 2.34. The fraction of sp³-hybridized carbons (Fsp3) is 0.200. The maximum atomic E-state index is 11.4. The van der Waals surface area contributed by atoms with Gasteiger partial charge in [-0.1, -0.05) is 6.07 Å². The number of hydrogen-bond donors (Lipinski definition) is 2. The van der Waals surface area contributed by atoms with Crippen LogP contribution < -0.4 is 15.0 Å². The van der Waals surface area contributed by atoms with Gasteiger partial charge in [0.2, 0.25) is 5.56 Å². The Hall–Kier alpha value is -2.76. The van der Waals surface area contributed by atoms with E-state index in [0.717, 1.165) is 23.2 Å². The molecule has 0 atom stereocenters. The summed E-state index contributed by atoms with van der Waals surface area (Å²) >= 11 is 0. The third-order valence-corrected chi connectivity index (χ3v) is 3.37. The molecule has 0 unspecified atom stereocenters. The summed E-state index contributed by atoms with van der Waals surface area (Å²) in [7, 11) is 0. The van der Waals surface area contributed by atoms with Crippen molar-refractivity contribution in [3.8, 4) is 23.0 Å². The van der Waals surface area contributed by atoms with Crippen LogP contribution in [0.15, 0.2) is 35.1 Å². The molecule has 0 radical (unpaired) electrons. The average molecular weight is 283 g/mol. The Bertz CT molecular complexity index is 823. The van der Waals surface area contributed by atoms with E-state index < -0.39 is 0 Å². The number of nitrogens with one attached hydrogen (secondary N) is 2. The van der Waals surface area contributed by atoms with Crippen LogP contribution in [0.2, 0.25) is 0 Å². The molecule has 0 saturated carbocycles. The Morgan fingerprint density at radius 2 is 1.86 bits per heavy atom. The zero-order valence-electron chi connectivity index (χ0n) is 11.2. The summed E-state index contributed by atoms with van der Waals surface area (Å²) in [4.78, 5) is 21.8. The largest absolute Gasteiger partial charge is 0.489 e. The summed E-state index contributed by atoms with van der Waals surface area (Å²) in [5.74, 6) is 2.04. The van der Waals surface area contributed by atoms with Gasteiger partial charge in [-0.2, -0.15) is 0 Å². The first-order valence-electron chi connectivity index (χ1n) is 6.79. The lowest BCUT2D eigenvalue weighted by Crippen LogP contribution is -2.03. The van der Waals surface area contributed by atoms with E-state index in [1.807, 2.05) is 12.1 Å². The van der Waals surface area contributed by atoms with Crippen molar-refractivity contribution in [2.45, 2.75) is 6.42 Å². The van der Waals surface area contributed by atoms with Crippen LogP contribution >= 0.6 is 0 Å². The normalized spacial score (nSPS) is 14.1. The molecule has 3 aromatic rings. The topological polar surface area (TPSA) is 80.0 Å².